The van der Waals surface area contributed by atoms with Crippen LogP contribution in [0.3, 0.4) is 0 Å². The third-order valence-corrected chi connectivity index (χ3v) is 2.49. The molecule has 0 N–H and O–H groups in total. The Hall–Kier alpha value is -0.720. The van der Waals surface area contributed by atoms with Crippen molar-refractivity contribution in [3.63, 3.8) is 0 Å². The zero-order valence-corrected chi connectivity index (χ0v) is 10.8. The van der Waals surface area contributed by atoms with Crippen molar-refractivity contribution in [2.24, 2.45) is 0 Å². The molecule has 0 amide bonds. The molecule has 0 saturated carbocycles. The van der Waals surface area contributed by atoms with Crippen LogP contribution in [0, 0.1) is 0 Å². The largest absolute Gasteiger partial charge is 0.372 e. The third-order valence-electron chi connectivity index (χ3n) is 2.49. The van der Waals surface area contributed by atoms with Gasteiger partial charge in [0, 0.05) is 18.8 Å². The quantitative estimate of drug-likeness (QED) is 0.510. The molecule has 0 fully saturated rings. The Balaban J connectivity index is 4.00. The maximum absolute atomic E-state index is 4.18. The van der Waals surface area contributed by atoms with Crippen LogP contribution in [0.4, 0.5) is 0 Å². The molecule has 0 aromatic heterocycles. The molecule has 1 heteroatoms. The van der Waals surface area contributed by atoms with Gasteiger partial charge in [0.1, 0.15) is 0 Å². The van der Waals surface area contributed by atoms with E-state index < -0.39 is 0 Å². The van der Waals surface area contributed by atoms with Crippen molar-refractivity contribution >= 4 is 0 Å². The fourth-order valence-corrected chi connectivity index (χ4v) is 1.56. The molecule has 0 radical (unpaired) electrons. The predicted octanol–water partition coefficient (Wildman–Crippen LogP) is 4.37. The average molecular weight is 209 g/mol. The van der Waals surface area contributed by atoms with E-state index in [1.807, 2.05) is 0 Å². The number of allylic oxidation sites excluding steroid dienone is 2. The van der Waals surface area contributed by atoms with E-state index in [0.29, 0.717) is 0 Å². The highest BCUT2D eigenvalue weighted by Gasteiger charge is 2.03. The molecule has 0 aliphatic heterocycles. The Kier molecular flexibility index (Phi) is 9.35. The zero-order valence-electron chi connectivity index (χ0n) is 10.8. The SMILES string of the molecule is C=C(CCCC)N(CC=CCC)CCC. The molecule has 0 spiro atoms. The lowest BCUT2D eigenvalue weighted by Crippen LogP contribution is -2.23. The van der Waals surface area contributed by atoms with Crippen LogP contribution in [0.2, 0.25) is 0 Å². The number of rotatable bonds is 9. The van der Waals surface area contributed by atoms with Crippen LogP contribution in [0.15, 0.2) is 24.4 Å². The standard InChI is InChI=1S/C14H27N/c1-5-8-10-13-15(12-7-3)14(4)11-9-6-2/h8,10H,4-7,9,11-13H2,1-3H3. The summed E-state index contributed by atoms with van der Waals surface area (Å²) in [6, 6.07) is 0. The van der Waals surface area contributed by atoms with Gasteiger partial charge in [-0.2, -0.15) is 0 Å². The first-order valence-electron chi connectivity index (χ1n) is 6.33. The van der Waals surface area contributed by atoms with Crippen molar-refractivity contribution in [3.05, 3.63) is 24.4 Å². The highest BCUT2D eigenvalue weighted by molar-refractivity contribution is 4.97. The molecule has 0 aromatic carbocycles. The maximum Gasteiger partial charge on any atom is 0.0356 e. The zero-order chi connectivity index (χ0) is 11.5. The summed E-state index contributed by atoms with van der Waals surface area (Å²) >= 11 is 0. The summed E-state index contributed by atoms with van der Waals surface area (Å²) in [5.41, 5.74) is 1.31. The van der Waals surface area contributed by atoms with Crippen molar-refractivity contribution in [2.75, 3.05) is 13.1 Å². The normalized spacial score (nSPS) is 10.9. The molecule has 0 heterocycles. The molecule has 0 aliphatic carbocycles. The fraction of sp³-hybridized carbons (Fsp3) is 0.714. The van der Waals surface area contributed by atoms with Gasteiger partial charge in [-0.15, -0.1) is 0 Å². The summed E-state index contributed by atoms with van der Waals surface area (Å²) in [5.74, 6) is 0. The second kappa shape index (κ2) is 9.82. The van der Waals surface area contributed by atoms with E-state index in [1.54, 1.807) is 0 Å². The van der Waals surface area contributed by atoms with Crippen molar-refractivity contribution < 1.29 is 0 Å². The summed E-state index contributed by atoms with van der Waals surface area (Å²) in [4.78, 5) is 2.40. The smallest absolute Gasteiger partial charge is 0.0356 e. The topological polar surface area (TPSA) is 3.24 Å². The van der Waals surface area contributed by atoms with Gasteiger partial charge in [-0.25, -0.2) is 0 Å². The van der Waals surface area contributed by atoms with Crippen LogP contribution in [-0.2, 0) is 0 Å². The second-order valence-electron chi connectivity index (χ2n) is 4.00. The number of hydrogen-bond donors (Lipinski definition) is 0. The molecular formula is C14H27N. The molecule has 88 valence electrons. The van der Waals surface area contributed by atoms with E-state index in [2.05, 4.69) is 44.4 Å². The lowest BCUT2D eigenvalue weighted by molar-refractivity contribution is 0.364. The van der Waals surface area contributed by atoms with E-state index >= 15 is 0 Å². The Morgan fingerprint density at radius 3 is 2.40 bits per heavy atom. The van der Waals surface area contributed by atoms with Crippen LogP contribution in [0.1, 0.15) is 52.9 Å². The van der Waals surface area contributed by atoms with Gasteiger partial charge in [0.05, 0.1) is 0 Å². The molecule has 0 aromatic rings. The van der Waals surface area contributed by atoms with E-state index in [1.165, 1.54) is 25.0 Å². The highest BCUT2D eigenvalue weighted by atomic mass is 15.1. The highest BCUT2D eigenvalue weighted by Crippen LogP contribution is 2.11. The van der Waals surface area contributed by atoms with Gasteiger partial charge in [-0.05, 0) is 25.7 Å². The van der Waals surface area contributed by atoms with E-state index in [-0.39, 0.29) is 0 Å². The summed E-state index contributed by atoms with van der Waals surface area (Å²) in [5, 5.41) is 0. The lowest BCUT2D eigenvalue weighted by Gasteiger charge is -2.25. The molecule has 0 saturated heterocycles. The van der Waals surface area contributed by atoms with Crippen LogP contribution in [0.5, 0.6) is 0 Å². The predicted molar refractivity (Wildman–Crippen MR) is 70.0 cm³/mol. The molecule has 0 atom stereocenters. The summed E-state index contributed by atoms with van der Waals surface area (Å²) in [6.07, 6.45) is 10.5. The van der Waals surface area contributed by atoms with Gasteiger partial charge in [0.2, 0.25) is 0 Å². The Morgan fingerprint density at radius 1 is 1.13 bits per heavy atom. The average Bonchev–Trinajstić information content (AvgIpc) is 2.25. The second-order valence-corrected chi connectivity index (χ2v) is 4.00. The van der Waals surface area contributed by atoms with Crippen LogP contribution < -0.4 is 0 Å². The summed E-state index contributed by atoms with van der Waals surface area (Å²) in [7, 11) is 0. The van der Waals surface area contributed by atoms with Crippen molar-refractivity contribution in [1.82, 2.24) is 4.90 Å². The van der Waals surface area contributed by atoms with Gasteiger partial charge in [0.25, 0.3) is 0 Å². The minimum absolute atomic E-state index is 1.03. The van der Waals surface area contributed by atoms with Crippen molar-refractivity contribution in [3.8, 4) is 0 Å². The molecule has 0 bridgehead atoms. The Labute approximate surface area is 95.9 Å². The van der Waals surface area contributed by atoms with Crippen molar-refractivity contribution in [1.29, 1.82) is 0 Å². The molecule has 0 rings (SSSR count). The number of hydrogen-bond acceptors (Lipinski definition) is 1. The lowest BCUT2D eigenvalue weighted by atomic mass is 10.2. The number of nitrogens with zero attached hydrogens (tertiary/aromatic N) is 1. The first-order valence-corrected chi connectivity index (χ1v) is 6.33. The van der Waals surface area contributed by atoms with Crippen molar-refractivity contribution in [2.45, 2.75) is 52.9 Å². The van der Waals surface area contributed by atoms with Gasteiger partial charge in [-0.3, -0.25) is 0 Å². The monoisotopic (exact) mass is 209 g/mol. The minimum atomic E-state index is 1.03. The fourth-order valence-electron chi connectivity index (χ4n) is 1.56. The van der Waals surface area contributed by atoms with Gasteiger partial charge < -0.3 is 4.90 Å². The van der Waals surface area contributed by atoms with Gasteiger partial charge in [-0.1, -0.05) is 45.9 Å². The molecule has 1 nitrogen and oxygen atoms in total. The van der Waals surface area contributed by atoms with Crippen LogP contribution >= 0.6 is 0 Å². The molecule has 0 aliphatic rings. The van der Waals surface area contributed by atoms with E-state index in [4.69, 9.17) is 0 Å². The Morgan fingerprint density at radius 2 is 1.87 bits per heavy atom. The molecule has 0 unspecified atom stereocenters. The van der Waals surface area contributed by atoms with Crippen LogP contribution in [-0.4, -0.2) is 18.0 Å². The number of unbranched alkanes of at least 4 members (excludes halogenated alkanes) is 1. The van der Waals surface area contributed by atoms with Gasteiger partial charge >= 0.3 is 0 Å². The van der Waals surface area contributed by atoms with Crippen LogP contribution in [0.25, 0.3) is 0 Å². The maximum atomic E-state index is 4.18. The summed E-state index contributed by atoms with van der Waals surface area (Å²) in [6.45, 7) is 13.0. The first kappa shape index (κ1) is 14.3. The first-order chi connectivity index (χ1) is 7.26. The van der Waals surface area contributed by atoms with Gasteiger partial charge in [0.15, 0.2) is 0 Å². The van der Waals surface area contributed by atoms with E-state index in [0.717, 1.165) is 25.9 Å². The Bertz CT molecular complexity index is 182. The summed E-state index contributed by atoms with van der Waals surface area (Å²) < 4.78 is 0. The minimum Gasteiger partial charge on any atom is -0.372 e. The molecule has 15 heavy (non-hydrogen) atoms. The third kappa shape index (κ3) is 7.24. The molecular weight excluding hydrogens is 182 g/mol. The van der Waals surface area contributed by atoms with E-state index in [9.17, 15) is 0 Å².